The Hall–Kier alpha value is -0.140. The smallest absolute Gasteiger partial charge is 0.0894 e. The molecular weight excluding hydrogens is 266 g/mol. The van der Waals surface area contributed by atoms with Crippen molar-refractivity contribution in [3.63, 3.8) is 0 Å². The number of hydrogen-bond acceptors (Lipinski definition) is 0. The standard InChI is InChI=1S/C19H36F2/c1-2-9-19-16-17(10-5-3-7-14-20)12-13-18(19)11-6-4-8-15-21/h17-19H,2-16H2,1H3. The summed E-state index contributed by atoms with van der Waals surface area (Å²) in [5.41, 5.74) is 0. The van der Waals surface area contributed by atoms with Crippen molar-refractivity contribution in [1.29, 1.82) is 0 Å². The van der Waals surface area contributed by atoms with Gasteiger partial charge in [0.25, 0.3) is 0 Å². The maximum atomic E-state index is 12.2. The van der Waals surface area contributed by atoms with E-state index in [1.165, 1.54) is 57.8 Å². The van der Waals surface area contributed by atoms with Crippen LogP contribution >= 0.6 is 0 Å². The third-order valence-electron chi connectivity index (χ3n) is 5.36. The van der Waals surface area contributed by atoms with E-state index >= 15 is 0 Å². The van der Waals surface area contributed by atoms with E-state index in [-0.39, 0.29) is 13.3 Å². The molecule has 1 saturated carbocycles. The van der Waals surface area contributed by atoms with Crippen LogP contribution in [0, 0.1) is 17.8 Å². The van der Waals surface area contributed by atoms with E-state index in [0.717, 1.165) is 43.4 Å². The van der Waals surface area contributed by atoms with Crippen LogP contribution in [-0.4, -0.2) is 13.3 Å². The SMILES string of the molecule is CCCC1CC(CCCCCF)CCC1CCCCCF. The molecule has 0 aromatic heterocycles. The van der Waals surface area contributed by atoms with Gasteiger partial charge in [-0.25, -0.2) is 0 Å². The van der Waals surface area contributed by atoms with Crippen LogP contribution in [0.25, 0.3) is 0 Å². The first kappa shape index (κ1) is 18.9. The minimum absolute atomic E-state index is 0.149. The molecule has 0 aliphatic heterocycles. The summed E-state index contributed by atoms with van der Waals surface area (Å²) in [6, 6.07) is 0. The van der Waals surface area contributed by atoms with Crippen LogP contribution in [-0.2, 0) is 0 Å². The van der Waals surface area contributed by atoms with Crippen molar-refractivity contribution in [2.45, 2.75) is 90.4 Å². The van der Waals surface area contributed by atoms with Crippen molar-refractivity contribution in [3.8, 4) is 0 Å². The third kappa shape index (κ3) is 8.16. The highest BCUT2D eigenvalue weighted by Crippen LogP contribution is 2.41. The molecule has 0 heterocycles. The Bertz CT molecular complexity index is 230. The normalized spacial score (nSPS) is 26.1. The van der Waals surface area contributed by atoms with Crippen LogP contribution < -0.4 is 0 Å². The van der Waals surface area contributed by atoms with Crippen LogP contribution in [0.3, 0.4) is 0 Å². The Morgan fingerprint density at radius 2 is 1.38 bits per heavy atom. The van der Waals surface area contributed by atoms with Crippen molar-refractivity contribution in [3.05, 3.63) is 0 Å². The van der Waals surface area contributed by atoms with E-state index in [9.17, 15) is 8.78 Å². The molecule has 0 aromatic carbocycles. The van der Waals surface area contributed by atoms with Gasteiger partial charge in [-0.2, -0.15) is 0 Å². The van der Waals surface area contributed by atoms with E-state index in [1.54, 1.807) is 0 Å². The quantitative estimate of drug-likeness (QED) is 0.345. The zero-order chi connectivity index (χ0) is 15.3. The van der Waals surface area contributed by atoms with Crippen LogP contribution in [0.5, 0.6) is 0 Å². The molecule has 0 N–H and O–H groups in total. The van der Waals surface area contributed by atoms with Crippen LogP contribution in [0.2, 0.25) is 0 Å². The molecule has 1 rings (SSSR count). The predicted molar refractivity (Wildman–Crippen MR) is 88.1 cm³/mol. The molecule has 21 heavy (non-hydrogen) atoms. The minimum atomic E-state index is -0.149. The molecule has 3 atom stereocenters. The van der Waals surface area contributed by atoms with Gasteiger partial charge in [0.15, 0.2) is 0 Å². The summed E-state index contributed by atoms with van der Waals surface area (Å²) in [5.74, 6) is 2.69. The molecule has 0 saturated heterocycles. The topological polar surface area (TPSA) is 0 Å². The van der Waals surface area contributed by atoms with E-state index in [4.69, 9.17) is 0 Å². The van der Waals surface area contributed by atoms with E-state index in [1.807, 2.05) is 0 Å². The zero-order valence-electron chi connectivity index (χ0n) is 14.1. The summed E-state index contributed by atoms with van der Waals surface area (Å²) in [5, 5.41) is 0. The lowest BCUT2D eigenvalue weighted by atomic mass is 9.69. The highest BCUT2D eigenvalue weighted by Gasteiger charge is 2.29. The predicted octanol–water partition coefficient (Wildman–Crippen LogP) is 6.88. The van der Waals surface area contributed by atoms with Crippen molar-refractivity contribution in [1.82, 2.24) is 0 Å². The van der Waals surface area contributed by atoms with Gasteiger partial charge in [0.2, 0.25) is 0 Å². The van der Waals surface area contributed by atoms with Gasteiger partial charge < -0.3 is 0 Å². The second-order valence-corrected chi connectivity index (χ2v) is 7.06. The summed E-state index contributed by atoms with van der Waals surface area (Å²) in [4.78, 5) is 0. The Balaban J connectivity index is 2.26. The zero-order valence-corrected chi connectivity index (χ0v) is 14.1. The molecule has 2 heteroatoms. The number of hydrogen-bond donors (Lipinski definition) is 0. The Morgan fingerprint density at radius 1 is 0.714 bits per heavy atom. The maximum Gasteiger partial charge on any atom is 0.0894 e. The van der Waals surface area contributed by atoms with E-state index < -0.39 is 0 Å². The van der Waals surface area contributed by atoms with Crippen molar-refractivity contribution >= 4 is 0 Å². The molecule has 0 bridgehead atoms. The molecule has 1 fully saturated rings. The van der Waals surface area contributed by atoms with Crippen molar-refractivity contribution in [2.75, 3.05) is 13.3 Å². The van der Waals surface area contributed by atoms with Crippen molar-refractivity contribution in [2.24, 2.45) is 17.8 Å². The van der Waals surface area contributed by atoms with Gasteiger partial charge in [-0.05, 0) is 43.4 Å². The van der Waals surface area contributed by atoms with Gasteiger partial charge in [0.1, 0.15) is 0 Å². The molecule has 0 spiro atoms. The highest BCUT2D eigenvalue weighted by atomic mass is 19.1. The number of unbranched alkanes of at least 4 members (excludes halogenated alkanes) is 4. The molecule has 1 aliphatic carbocycles. The van der Waals surface area contributed by atoms with Crippen molar-refractivity contribution < 1.29 is 8.78 Å². The lowest BCUT2D eigenvalue weighted by molar-refractivity contribution is 0.149. The van der Waals surface area contributed by atoms with Gasteiger partial charge in [0.05, 0.1) is 13.3 Å². The Labute approximate surface area is 131 Å². The first-order valence-corrected chi connectivity index (χ1v) is 9.43. The number of rotatable bonds is 12. The summed E-state index contributed by atoms with van der Waals surface area (Å²) < 4.78 is 24.3. The molecule has 0 aromatic rings. The monoisotopic (exact) mass is 302 g/mol. The summed E-state index contributed by atoms with van der Waals surface area (Å²) >= 11 is 0. The highest BCUT2D eigenvalue weighted by molar-refractivity contribution is 4.80. The van der Waals surface area contributed by atoms with Crippen LogP contribution in [0.15, 0.2) is 0 Å². The molecule has 1 aliphatic rings. The number of halogens is 2. The molecule has 0 amide bonds. The van der Waals surface area contributed by atoms with Crippen LogP contribution in [0.1, 0.15) is 90.4 Å². The minimum Gasteiger partial charge on any atom is -0.251 e. The van der Waals surface area contributed by atoms with Gasteiger partial charge in [-0.15, -0.1) is 0 Å². The number of alkyl halides is 2. The first-order valence-electron chi connectivity index (χ1n) is 9.43. The van der Waals surface area contributed by atoms with E-state index in [0.29, 0.717) is 0 Å². The fourth-order valence-corrected chi connectivity index (χ4v) is 4.17. The summed E-state index contributed by atoms with van der Waals surface area (Å²) in [6.45, 7) is 2.00. The maximum absolute atomic E-state index is 12.2. The van der Waals surface area contributed by atoms with Gasteiger partial charge in [-0.1, -0.05) is 64.7 Å². The molecule has 126 valence electrons. The van der Waals surface area contributed by atoms with E-state index in [2.05, 4.69) is 6.92 Å². The lowest BCUT2D eigenvalue weighted by Gasteiger charge is -2.36. The largest absolute Gasteiger partial charge is 0.251 e. The molecule has 0 radical (unpaired) electrons. The average Bonchev–Trinajstić information content (AvgIpc) is 2.50. The fraction of sp³-hybridized carbons (Fsp3) is 1.00. The molecule has 3 unspecified atom stereocenters. The molecular formula is C19H36F2. The second-order valence-electron chi connectivity index (χ2n) is 7.06. The Morgan fingerprint density at radius 3 is 2.00 bits per heavy atom. The van der Waals surface area contributed by atoms with Crippen LogP contribution in [0.4, 0.5) is 8.78 Å². The second kappa shape index (κ2) is 12.4. The fourth-order valence-electron chi connectivity index (χ4n) is 4.17. The Kier molecular flexibility index (Phi) is 11.2. The van der Waals surface area contributed by atoms with Gasteiger partial charge in [-0.3, -0.25) is 8.78 Å². The van der Waals surface area contributed by atoms with Gasteiger partial charge in [0, 0.05) is 0 Å². The summed E-state index contributed by atoms with van der Waals surface area (Å²) in [7, 11) is 0. The molecule has 0 nitrogen and oxygen atoms in total. The average molecular weight is 302 g/mol. The third-order valence-corrected chi connectivity index (χ3v) is 5.36. The lowest BCUT2D eigenvalue weighted by Crippen LogP contribution is -2.25. The summed E-state index contributed by atoms with van der Waals surface area (Å²) in [6.07, 6.45) is 15.5. The van der Waals surface area contributed by atoms with Gasteiger partial charge >= 0.3 is 0 Å². The first-order chi connectivity index (χ1) is 10.3.